The molecule has 0 unspecified atom stereocenters. The average molecular weight is 355 g/mol. The first-order valence-electron chi connectivity index (χ1n) is 9.76. The van der Waals surface area contributed by atoms with E-state index in [-0.39, 0.29) is 11.8 Å². The van der Waals surface area contributed by atoms with Gasteiger partial charge in [-0.15, -0.1) is 0 Å². The Morgan fingerprint density at radius 2 is 2.08 bits per heavy atom. The van der Waals surface area contributed by atoms with Crippen molar-refractivity contribution < 1.29 is 9.21 Å². The van der Waals surface area contributed by atoms with Crippen LogP contribution in [0.2, 0.25) is 0 Å². The zero-order valence-electron chi connectivity index (χ0n) is 15.3. The van der Waals surface area contributed by atoms with E-state index in [2.05, 4.69) is 29.0 Å². The zero-order chi connectivity index (χ0) is 17.8. The summed E-state index contributed by atoms with van der Waals surface area (Å²) in [6, 6.07) is 0. The molecule has 2 aromatic rings. The summed E-state index contributed by atoms with van der Waals surface area (Å²) in [6.07, 6.45) is 6.12. The molecule has 0 radical (unpaired) electrons. The van der Waals surface area contributed by atoms with Gasteiger partial charge in [0.2, 0.25) is 0 Å². The maximum absolute atomic E-state index is 13.1. The molecule has 2 aromatic heterocycles. The third-order valence-electron chi connectivity index (χ3n) is 6.01. The van der Waals surface area contributed by atoms with Gasteiger partial charge in [-0.05, 0) is 37.5 Å². The number of hydrogen-bond donors (Lipinski definition) is 1. The van der Waals surface area contributed by atoms with Crippen LogP contribution in [-0.2, 0) is 0 Å². The molecule has 0 spiro atoms. The highest BCUT2D eigenvalue weighted by atomic mass is 16.3. The second-order valence-electron chi connectivity index (χ2n) is 8.39. The number of oxazole rings is 1. The highest BCUT2D eigenvalue weighted by molar-refractivity contribution is 5.93. The summed E-state index contributed by atoms with van der Waals surface area (Å²) in [4.78, 5) is 24.0. The molecule has 2 saturated carbocycles. The van der Waals surface area contributed by atoms with Crippen LogP contribution in [0.5, 0.6) is 0 Å². The zero-order valence-corrected chi connectivity index (χ0v) is 15.3. The molecule has 3 fully saturated rings. The molecule has 2 atom stereocenters. The van der Waals surface area contributed by atoms with Crippen molar-refractivity contribution in [2.75, 3.05) is 13.1 Å². The number of likely N-dealkylation sites (tertiary alicyclic amines) is 1. The van der Waals surface area contributed by atoms with E-state index in [1.165, 1.54) is 19.2 Å². The van der Waals surface area contributed by atoms with Crippen molar-refractivity contribution >= 4 is 5.91 Å². The fourth-order valence-electron chi connectivity index (χ4n) is 4.20. The monoisotopic (exact) mass is 355 g/mol. The van der Waals surface area contributed by atoms with Crippen molar-refractivity contribution in [1.29, 1.82) is 0 Å². The number of carbonyl (C=O) groups excluding carboxylic acids is 1. The molecule has 2 aliphatic carbocycles. The molecule has 5 rings (SSSR count). The number of nitrogens with zero attached hydrogens (tertiary/aromatic N) is 4. The van der Waals surface area contributed by atoms with E-state index in [0.717, 1.165) is 36.8 Å². The van der Waals surface area contributed by atoms with Gasteiger partial charge in [0, 0.05) is 30.8 Å². The molecular formula is C19H25N5O2. The Hall–Kier alpha value is -2.18. The van der Waals surface area contributed by atoms with Gasteiger partial charge in [0.25, 0.3) is 5.91 Å². The first-order chi connectivity index (χ1) is 12.6. The number of amides is 1. The molecule has 1 amide bonds. The van der Waals surface area contributed by atoms with Crippen LogP contribution in [0.25, 0.3) is 0 Å². The average Bonchev–Trinajstić information content (AvgIpc) is 3.50. The fraction of sp³-hybridized carbons (Fsp3) is 0.684. The van der Waals surface area contributed by atoms with Gasteiger partial charge < -0.3 is 9.32 Å². The lowest BCUT2D eigenvalue weighted by Crippen LogP contribution is -2.30. The highest BCUT2D eigenvalue weighted by Crippen LogP contribution is 2.48. The third kappa shape index (κ3) is 2.73. The smallest absolute Gasteiger partial charge is 0.276 e. The van der Waals surface area contributed by atoms with E-state index in [4.69, 9.17) is 9.40 Å². The number of aromatic nitrogens is 4. The summed E-state index contributed by atoms with van der Waals surface area (Å²) in [5.41, 5.74) is 0.517. The van der Waals surface area contributed by atoms with Crippen LogP contribution in [0.3, 0.4) is 0 Å². The van der Waals surface area contributed by atoms with Gasteiger partial charge in [-0.3, -0.25) is 9.89 Å². The number of aromatic amines is 1. The Morgan fingerprint density at radius 1 is 1.27 bits per heavy atom. The summed E-state index contributed by atoms with van der Waals surface area (Å²) < 4.78 is 5.51. The Labute approximate surface area is 152 Å². The molecule has 1 aliphatic heterocycles. The number of rotatable bonds is 5. The lowest BCUT2D eigenvalue weighted by Gasteiger charge is -2.15. The largest absolute Gasteiger partial charge is 0.447 e. The van der Waals surface area contributed by atoms with Crippen molar-refractivity contribution in [3.05, 3.63) is 29.5 Å². The summed E-state index contributed by atoms with van der Waals surface area (Å²) in [5.74, 6) is 4.67. The quantitative estimate of drug-likeness (QED) is 0.890. The molecule has 3 aliphatic rings. The topological polar surface area (TPSA) is 87.9 Å². The first kappa shape index (κ1) is 16.0. The molecule has 1 saturated heterocycles. The molecule has 7 nitrogen and oxygen atoms in total. The van der Waals surface area contributed by atoms with Crippen molar-refractivity contribution in [2.45, 2.75) is 57.3 Å². The van der Waals surface area contributed by atoms with Crippen LogP contribution in [0.1, 0.15) is 85.2 Å². The number of hydrogen-bond acceptors (Lipinski definition) is 5. The van der Waals surface area contributed by atoms with Gasteiger partial charge in [-0.1, -0.05) is 13.8 Å². The third-order valence-corrected chi connectivity index (χ3v) is 6.01. The number of carbonyl (C=O) groups is 1. The van der Waals surface area contributed by atoms with Crippen LogP contribution in [0, 0.1) is 11.8 Å². The van der Waals surface area contributed by atoms with E-state index >= 15 is 0 Å². The molecule has 0 bridgehead atoms. The van der Waals surface area contributed by atoms with Gasteiger partial charge in [0.15, 0.2) is 17.9 Å². The SMILES string of the molecule is CC(C)c1n[nH]c([C@H]2CN(C(=O)c3ncoc3C3CC3)C[C@@H]2C2CC2)n1. The van der Waals surface area contributed by atoms with Crippen molar-refractivity contribution in [2.24, 2.45) is 11.8 Å². The van der Waals surface area contributed by atoms with E-state index in [0.29, 0.717) is 35.9 Å². The van der Waals surface area contributed by atoms with Crippen LogP contribution < -0.4 is 0 Å². The normalized spacial score (nSPS) is 26.0. The Balaban J connectivity index is 1.39. The van der Waals surface area contributed by atoms with Crippen LogP contribution in [0.4, 0.5) is 0 Å². The molecule has 138 valence electrons. The fourth-order valence-corrected chi connectivity index (χ4v) is 4.20. The van der Waals surface area contributed by atoms with Crippen molar-refractivity contribution in [3.63, 3.8) is 0 Å². The predicted octanol–water partition coefficient (Wildman–Crippen LogP) is 3.06. The molecular weight excluding hydrogens is 330 g/mol. The summed E-state index contributed by atoms with van der Waals surface area (Å²) in [7, 11) is 0. The van der Waals surface area contributed by atoms with Crippen molar-refractivity contribution in [3.8, 4) is 0 Å². The van der Waals surface area contributed by atoms with Gasteiger partial charge >= 0.3 is 0 Å². The maximum Gasteiger partial charge on any atom is 0.276 e. The standard InChI is InChI=1S/C19H25N5O2/c1-10(2)17-21-18(23-22-17)14-8-24(7-13(14)11-3-4-11)19(25)15-16(12-5-6-12)26-9-20-15/h9-14H,3-8H2,1-2H3,(H,21,22,23)/t13-,14+/m1/s1. The summed E-state index contributed by atoms with van der Waals surface area (Å²) in [5, 5.41) is 7.52. The second kappa shape index (κ2) is 5.93. The van der Waals surface area contributed by atoms with Crippen LogP contribution in [-0.4, -0.2) is 44.1 Å². The van der Waals surface area contributed by atoms with Gasteiger partial charge in [0.1, 0.15) is 11.6 Å². The van der Waals surface area contributed by atoms with Gasteiger partial charge in [0.05, 0.1) is 0 Å². The second-order valence-corrected chi connectivity index (χ2v) is 8.39. The van der Waals surface area contributed by atoms with E-state index in [1.54, 1.807) is 0 Å². The molecule has 0 aromatic carbocycles. The van der Waals surface area contributed by atoms with Crippen LogP contribution in [0.15, 0.2) is 10.8 Å². The number of nitrogens with one attached hydrogen (secondary N) is 1. The van der Waals surface area contributed by atoms with E-state index < -0.39 is 0 Å². The van der Waals surface area contributed by atoms with E-state index in [1.807, 2.05) is 4.90 Å². The lowest BCUT2D eigenvalue weighted by molar-refractivity contribution is 0.0777. The molecule has 1 N–H and O–H groups in total. The maximum atomic E-state index is 13.1. The summed E-state index contributed by atoms with van der Waals surface area (Å²) >= 11 is 0. The van der Waals surface area contributed by atoms with Crippen LogP contribution >= 0.6 is 0 Å². The highest BCUT2D eigenvalue weighted by Gasteiger charge is 2.46. The lowest BCUT2D eigenvalue weighted by atomic mass is 9.91. The van der Waals surface area contributed by atoms with Crippen molar-refractivity contribution in [1.82, 2.24) is 25.1 Å². The Morgan fingerprint density at radius 3 is 2.73 bits per heavy atom. The first-order valence-corrected chi connectivity index (χ1v) is 9.76. The van der Waals surface area contributed by atoms with Gasteiger partial charge in [-0.2, -0.15) is 5.10 Å². The predicted molar refractivity (Wildman–Crippen MR) is 93.8 cm³/mol. The van der Waals surface area contributed by atoms with Gasteiger partial charge in [-0.25, -0.2) is 9.97 Å². The number of H-pyrrole nitrogens is 1. The summed E-state index contributed by atoms with van der Waals surface area (Å²) in [6.45, 7) is 5.66. The molecule has 3 heterocycles. The Kier molecular flexibility index (Phi) is 3.65. The molecule has 26 heavy (non-hydrogen) atoms. The Bertz CT molecular complexity index is 818. The minimum Gasteiger partial charge on any atom is -0.447 e. The minimum absolute atomic E-state index is 0.0115. The minimum atomic E-state index is 0.0115. The van der Waals surface area contributed by atoms with E-state index in [9.17, 15) is 4.79 Å². The molecule has 7 heteroatoms.